The maximum Gasteiger partial charge on any atom is 0.573 e. The summed E-state index contributed by atoms with van der Waals surface area (Å²) in [7, 11) is 1.73. The van der Waals surface area contributed by atoms with E-state index in [1.165, 1.54) is 18.6 Å². The lowest BCUT2D eigenvalue weighted by Crippen LogP contribution is -2.58. The van der Waals surface area contributed by atoms with E-state index in [0.29, 0.717) is 37.5 Å². The fraction of sp³-hybridized carbons (Fsp3) is 0.714. The number of amides is 2. The van der Waals surface area contributed by atoms with Gasteiger partial charge in [-0.3, -0.25) is 9.59 Å². The van der Waals surface area contributed by atoms with Crippen molar-refractivity contribution in [3.8, 4) is 5.75 Å². The SMILES string of the molecule is CN[C@@H](C)C(=O)NC(C(=O)N1CC[C@H]2CCN(CCc3ccccc3OC(F)(F)F)C[C@H]21)C1CCCCC1. The van der Waals surface area contributed by atoms with Crippen molar-refractivity contribution < 1.29 is 27.5 Å². The minimum Gasteiger partial charge on any atom is -0.406 e. The standard InChI is InChI=1S/C28H41F3N4O3/c1-19(32-2)26(36)33-25(22-9-4-3-5-10-22)27(37)35-17-14-20-12-15-34(18-23(20)35)16-13-21-8-6-7-11-24(21)38-28(29,30)31/h6-8,11,19-20,22-23,25,32H,3-5,9-10,12-18H2,1-2H3,(H,33,36)/t19-,20+,23+,25?/m0/s1. The van der Waals surface area contributed by atoms with Gasteiger partial charge in [0.15, 0.2) is 0 Å². The molecule has 212 valence electrons. The van der Waals surface area contributed by atoms with Crippen LogP contribution in [0.4, 0.5) is 13.2 Å². The molecule has 0 bridgehead atoms. The Morgan fingerprint density at radius 2 is 1.79 bits per heavy atom. The molecule has 1 unspecified atom stereocenters. The van der Waals surface area contributed by atoms with Crippen LogP contribution < -0.4 is 15.4 Å². The molecule has 1 aromatic carbocycles. The predicted molar refractivity (Wildman–Crippen MR) is 139 cm³/mol. The van der Waals surface area contributed by atoms with Gasteiger partial charge in [-0.15, -0.1) is 13.2 Å². The number of para-hydroxylation sites is 1. The number of halogens is 3. The van der Waals surface area contributed by atoms with Crippen molar-refractivity contribution in [2.45, 2.75) is 82.8 Å². The monoisotopic (exact) mass is 538 g/mol. The van der Waals surface area contributed by atoms with Crippen LogP contribution in [0.1, 0.15) is 57.4 Å². The number of piperidine rings is 1. The molecule has 0 radical (unpaired) electrons. The highest BCUT2D eigenvalue weighted by molar-refractivity contribution is 5.90. The quantitative estimate of drug-likeness (QED) is 0.502. The third kappa shape index (κ3) is 7.20. The first-order chi connectivity index (χ1) is 18.2. The number of alkyl halides is 3. The molecule has 3 aliphatic rings. The molecule has 2 N–H and O–H groups in total. The summed E-state index contributed by atoms with van der Waals surface area (Å²) < 4.78 is 42.7. The van der Waals surface area contributed by atoms with E-state index in [1.807, 2.05) is 4.90 Å². The van der Waals surface area contributed by atoms with E-state index in [2.05, 4.69) is 20.3 Å². The number of rotatable bonds is 9. The van der Waals surface area contributed by atoms with Gasteiger partial charge in [-0.2, -0.15) is 0 Å². The fourth-order valence-corrected chi connectivity index (χ4v) is 6.33. The molecule has 4 atom stereocenters. The Balaban J connectivity index is 1.42. The van der Waals surface area contributed by atoms with Crippen LogP contribution in [0.15, 0.2) is 24.3 Å². The first kappa shape index (κ1) is 28.7. The minimum atomic E-state index is -4.73. The summed E-state index contributed by atoms with van der Waals surface area (Å²) in [5, 5.41) is 6.04. The van der Waals surface area contributed by atoms with Gasteiger partial charge in [-0.05, 0) is 76.1 Å². The van der Waals surface area contributed by atoms with E-state index in [0.717, 1.165) is 45.1 Å². The lowest BCUT2D eigenvalue weighted by atomic mass is 9.83. The Bertz CT molecular complexity index is 954. The number of hydrogen-bond donors (Lipinski definition) is 2. The Kier molecular flexibility index (Phi) is 9.57. The molecule has 7 nitrogen and oxygen atoms in total. The van der Waals surface area contributed by atoms with E-state index in [1.54, 1.807) is 26.1 Å². The molecule has 1 saturated carbocycles. The second-order valence-electron chi connectivity index (χ2n) is 11.0. The minimum absolute atomic E-state index is 0.0202. The number of likely N-dealkylation sites (N-methyl/N-ethyl adjacent to an activating group) is 1. The Morgan fingerprint density at radius 3 is 2.50 bits per heavy atom. The first-order valence-corrected chi connectivity index (χ1v) is 14.0. The smallest absolute Gasteiger partial charge is 0.406 e. The zero-order valence-corrected chi connectivity index (χ0v) is 22.4. The van der Waals surface area contributed by atoms with Crippen molar-refractivity contribution in [2.24, 2.45) is 11.8 Å². The van der Waals surface area contributed by atoms with Gasteiger partial charge in [-0.25, -0.2) is 0 Å². The number of ether oxygens (including phenoxy) is 1. The van der Waals surface area contributed by atoms with Crippen molar-refractivity contribution in [1.29, 1.82) is 0 Å². The molecule has 2 aliphatic heterocycles. The van der Waals surface area contributed by atoms with E-state index in [4.69, 9.17) is 0 Å². The van der Waals surface area contributed by atoms with Crippen LogP contribution in [0.2, 0.25) is 0 Å². The van der Waals surface area contributed by atoms with Gasteiger partial charge in [0, 0.05) is 25.7 Å². The summed E-state index contributed by atoms with van der Waals surface area (Å²) >= 11 is 0. The summed E-state index contributed by atoms with van der Waals surface area (Å²) in [4.78, 5) is 31.0. The molecular formula is C28H41F3N4O3. The lowest BCUT2D eigenvalue weighted by molar-refractivity contribution is -0.274. The van der Waals surface area contributed by atoms with E-state index < -0.39 is 12.4 Å². The average Bonchev–Trinajstić information content (AvgIpc) is 3.33. The lowest BCUT2D eigenvalue weighted by Gasteiger charge is -2.41. The number of hydrogen-bond acceptors (Lipinski definition) is 5. The topological polar surface area (TPSA) is 73.9 Å². The molecule has 0 spiro atoms. The van der Waals surface area contributed by atoms with Gasteiger partial charge in [0.05, 0.1) is 6.04 Å². The molecule has 3 fully saturated rings. The largest absolute Gasteiger partial charge is 0.573 e. The van der Waals surface area contributed by atoms with Crippen LogP contribution in [0.5, 0.6) is 5.75 Å². The van der Waals surface area contributed by atoms with Crippen LogP contribution in [0.25, 0.3) is 0 Å². The zero-order chi connectivity index (χ0) is 27.3. The van der Waals surface area contributed by atoms with Gasteiger partial charge in [-0.1, -0.05) is 37.5 Å². The summed E-state index contributed by atoms with van der Waals surface area (Å²) in [5.74, 6) is 0.265. The van der Waals surface area contributed by atoms with Gasteiger partial charge >= 0.3 is 6.36 Å². The van der Waals surface area contributed by atoms with Gasteiger partial charge in [0.1, 0.15) is 11.8 Å². The van der Waals surface area contributed by atoms with Crippen LogP contribution in [0.3, 0.4) is 0 Å². The molecule has 1 aliphatic carbocycles. The summed E-state index contributed by atoms with van der Waals surface area (Å²) in [5.41, 5.74) is 0.519. The number of carbonyl (C=O) groups excluding carboxylic acids is 2. The first-order valence-electron chi connectivity index (χ1n) is 14.0. The second kappa shape index (κ2) is 12.7. The molecular weight excluding hydrogens is 497 g/mol. The number of likely N-dealkylation sites (tertiary alicyclic amines) is 2. The predicted octanol–water partition coefficient (Wildman–Crippen LogP) is 3.72. The zero-order valence-electron chi connectivity index (χ0n) is 22.4. The van der Waals surface area contributed by atoms with Crippen LogP contribution in [-0.2, 0) is 16.0 Å². The Labute approximate surface area is 223 Å². The fourth-order valence-electron chi connectivity index (χ4n) is 6.33. The number of fused-ring (bicyclic) bond motifs is 1. The van der Waals surface area contributed by atoms with Crippen LogP contribution >= 0.6 is 0 Å². The molecule has 2 amide bonds. The van der Waals surface area contributed by atoms with E-state index >= 15 is 0 Å². The maximum absolute atomic E-state index is 14.0. The third-order valence-corrected chi connectivity index (χ3v) is 8.64. The second-order valence-corrected chi connectivity index (χ2v) is 11.0. The molecule has 10 heteroatoms. The average molecular weight is 539 g/mol. The molecule has 2 heterocycles. The number of carbonyl (C=O) groups is 2. The van der Waals surface area contributed by atoms with Crippen molar-refractivity contribution in [3.63, 3.8) is 0 Å². The summed E-state index contributed by atoms with van der Waals surface area (Å²) in [6, 6.07) is 5.44. The maximum atomic E-state index is 14.0. The van der Waals surface area contributed by atoms with Crippen molar-refractivity contribution in [3.05, 3.63) is 29.8 Å². The third-order valence-electron chi connectivity index (χ3n) is 8.64. The normalized spacial score (nSPS) is 24.5. The molecule has 0 aromatic heterocycles. The molecule has 1 aromatic rings. The van der Waals surface area contributed by atoms with Crippen LogP contribution in [0, 0.1) is 11.8 Å². The van der Waals surface area contributed by atoms with Gasteiger partial charge in [0.25, 0.3) is 0 Å². The molecule has 4 rings (SSSR count). The van der Waals surface area contributed by atoms with Crippen molar-refractivity contribution in [2.75, 3.05) is 33.2 Å². The Hall–Kier alpha value is -2.33. The van der Waals surface area contributed by atoms with Crippen molar-refractivity contribution in [1.82, 2.24) is 20.4 Å². The van der Waals surface area contributed by atoms with Crippen molar-refractivity contribution >= 4 is 11.8 Å². The van der Waals surface area contributed by atoms with Gasteiger partial charge in [0.2, 0.25) is 11.8 Å². The highest BCUT2D eigenvalue weighted by atomic mass is 19.4. The summed E-state index contributed by atoms with van der Waals surface area (Å²) in [6.45, 7) is 4.61. The highest BCUT2D eigenvalue weighted by Gasteiger charge is 2.44. The summed E-state index contributed by atoms with van der Waals surface area (Å²) in [6.07, 6.45) is 2.80. The highest BCUT2D eigenvalue weighted by Crippen LogP contribution is 2.35. The number of nitrogens with zero attached hydrogens (tertiary/aromatic N) is 2. The number of benzene rings is 1. The van der Waals surface area contributed by atoms with E-state index in [9.17, 15) is 22.8 Å². The van der Waals surface area contributed by atoms with Gasteiger partial charge < -0.3 is 25.2 Å². The Morgan fingerprint density at radius 1 is 1.08 bits per heavy atom. The number of nitrogens with one attached hydrogen (secondary N) is 2. The molecule has 2 saturated heterocycles. The van der Waals surface area contributed by atoms with E-state index in [-0.39, 0.29) is 35.6 Å². The van der Waals surface area contributed by atoms with Crippen LogP contribution in [-0.4, -0.2) is 79.3 Å². The molecule has 38 heavy (non-hydrogen) atoms.